The van der Waals surface area contributed by atoms with Crippen molar-refractivity contribution < 1.29 is 30.8 Å². The molecule has 2 heterocycles. The van der Waals surface area contributed by atoms with Gasteiger partial charge in [0.2, 0.25) is 21.8 Å². The van der Waals surface area contributed by atoms with E-state index in [4.69, 9.17) is 4.42 Å². The second-order valence-corrected chi connectivity index (χ2v) is 11.4. The molecule has 0 spiro atoms. The van der Waals surface area contributed by atoms with Crippen LogP contribution in [0.3, 0.4) is 0 Å². The first kappa shape index (κ1) is 23.0. The Morgan fingerprint density at radius 1 is 1.19 bits per heavy atom. The van der Waals surface area contributed by atoms with Gasteiger partial charge in [-0.15, -0.1) is 0 Å². The second kappa shape index (κ2) is 9.20. The van der Waals surface area contributed by atoms with E-state index in [1.807, 2.05) is 0 Å². The summed E-state index contributed by atoms with van der Waals surface area (Å²) in [5.74, 6) is -0.719. The number of hydrogen-bond donors (Lipinski definition) is 2. The topological polar surface area (TPSA) is 143 Å². The number of nitrogens with zero attached hydrogens (tertiary/aromatic N) is 1. The minimum atomic E-state index is -4.09. The lowest BCUT2D eigenvalue weighted by Crippen LogP contribution is -2.44. The molecule has 168 valence electrons. The van der Waals surface area contributed by atoms with E-state index in [9.17, 15) is 26.4 Å². The van der Waals surface area contributed by atoms with Crippen LogP contribution in [-0.2, 0) is 36.0 Å². The average molecular weight is 470 g/mol. The largest absolute Gasteiger partial charge is 0.468 e. The molecule has 0 bridgehead atoms. The standard InChI is InChI=1S/C19H23N3O7S2/c1-14(23)20-15-4-6-18(7-5-15)31(27,28)22(11-17-3-2-9-29-17)12-19(24)21-16-8-10-30(25,26)13-16/h2-7,9,16H,8,10-13H2,1H3,(H,20,23)(H,21,24). The summed E-state index contributed by atoms with van der Waals surface area (Å²) in [6.07, 6.45) is 1.69. The molecule has 0 saturated carbocycles. The molecule has 2 amide bonds. The molecule has 10 nitrogen and oxygen atoms in total. The number of carbonyl (C=O) groups excluding carboxylic acids is 2. The van der Waals surface area contributed by atoms with Crippen LogP contribution in [0.5, 0.6) is 0 Å². The summed E-state index contributed by atoms with van der Waals surface area (Å²) < 4.78 is 55.8. The number of amides is 2. The summed E-state index contributed by atoms with van der Waals surface area (Å²) in [6, 6.07) is 8.21. The van der Waals surface area contributed by atoms with Crippen LogP contribution < -0.4 is 10.6 Å². The van der Waals surface area contributed by atoms with Gasteiger partial charge in [0, 0.05) is 18.7 Å². The number of rotatable bonds is 8. The molecule has 1 saturated heterocycles. The minimum Gasteiger partial charge on any atom is -0.468 e. The molecule has 12 heteroatoms. The summed E-state index contributed by atoms with van der Waals surface area (Å²) in [5.41, 5.74) is 0.434. The monoisotopic (exact) mass is 469 g/mol. The van der Waals surface area contributed by atoms with Crippen LogP contribution in [0, 0.1) is 0 Å². The van der Waals surface area contributed by atoms with Gasteiger partial charge in [-0.05, 0) is 42.8 Å². The van der Waals surface area contributed by atoms with Crippen molar-refractivity contribution in [2.45, 2.75) is 30.8 Å². The third-order valence-electron chi connectivity index (χ3n) is 4.64. The van der Waals surface area contributed by atoms with Gasteiger partial charge in [0.05, 0.1) is 35.8 Å². The summed E-state index contributed by atoms with van der Waals surface area (Å²) in [7, 11) is -7.28. The van der Waals surface area contributed by atoms with Crippen LogP contribution in [0.25, 0.3) is 0 Å². The van der Waals surface area contributed by atoms with Crippen molar-refractivity contribution in [1.29, 1.82) is 0 Å². The first-order valence-corrected chi connectivity index (χ1v) is 12.7. The van der Waals surface area contributed by atoms with Crippen molar-refractivity contribution in [2.75, 3.05) is 23.4 Å². The van der Waals surface area contributed by atoms with Gasteiger partial charge in [0.15, 0.2) is 9.84 Å². The Hall–Kier alpha value is -2.70. The highest BCUT2D eigenvalue weighted by Gasteiger charge is 2.32. The van der Waals surface area contributed by atoms with E-state index >= 15 is 0 Å². The Balaban J connectivity index is 1.78. The zero-order valence-corrected chi connectivity index (χ0v) is 18.4. The number of carbonyl (C=O) groups is 2. The van der Waals surface area contributed by atoms with E-state index in [1.54, 1.807) is 12.1 Å². The summed E-state index contributed by atoms with van der Waals surface area (Å²) >= 11 is 0. The second-order valence-electron chi connectivity index (χ2n) is 7.23. The third kappa shape index (κ3) is 6.15. The van der Waals surface area contributed by atoms with Crippen LogP contribution in [0.4, 0.5) is 5.69 Å². The van der Waals surface area contributed by atoms with Crippen molar-refractivity contribution in [3.8, 4) is 0 Å². The number of hydrogen-bond acceptors (Lipinski definition) is 7. The predicted octanol–water partition coefficient (Wildman–Crippen LogP) is 0.732. The van der Waals surface area contributed by atoms with E-state index < -0.39 is 38.4 Å². The SMILES string of the molecule is CC(=O)Nc1ccc(S(=O)(=O)N(CC(=O)NC2CCS(=O)(=O)C2)Cc2ccco2)cc1. The lowest BCUT2D eigenvalue weighted by molar-refractivity contribution is -0.122. The van der Waals surface area contributed by atoms with Crippen molar-refractivity contribution in [3.05, 3.63) is 48.4 Å². The summed E-state index contributed by atoms with van der Waals surface area (Å²) in [6.45, 7) is 0.649. The molecule has 2 aromatic rings. The maximum atomic E-state index is 13.2. The first-order chi connectivity index (χ1) is 14.5. The van der Waals surface area contributed by atoms with Crippen molar-refractivity contribution in [1.82, 2.24) is 9.62 Å². The van der Waals surface area contributed by atoms with Crippen LogP contribution >= 0.6 is 0 Å². The number of furan rings is 1. The number of anilines is 1. The Kier molecular flexibility index (Phi) is 6.82. The van der Waals surface area contributed by atoms with Gasteiger partial charge in [-0.25, -0.2) is 16.8 Å². The molecular weight excluding hydrogens is 446 g/mol. The fourth-order valence-electron chi connectivity index (χ4n) is 3.21. The van der Waals surface area contributed by atoms with Crippen LogP contribution in [0.1, 0.15) is 19.1 Å². The molecule has 2 N–H and O–H groups in total. The quantitative estimate of drug-likeness (QED) is 0.580. The molecule has 1 fully saturated rings. The fourth-order valence-corrected chi connectivity index (χ4v) is 6.24. The Bertz CT molecular complexity index is 1140. The fraction of sp³-hybridized carbons (Fsp3) is 0.368. The van der Waals surface area contributed by atoms with Gasteiger partial charge in [0.1, 0.15) is 5.76 Å². The number of nitrogens with one attached hydrogen (secondary N) is 2. The highest BCUT2D eigenvalue weighted by Crippen LogP contribution is 2.21. The zero-order valence-electron chi connectivity index (χ0n) is 16.8. The normalized spacial score (nSPS) is 18.1. The Labute approximate surface area is 180 Å². The molecule has 1 aromatic carbocycles. The Morgan fingerprint density at radius 3 is 2.45 bits per heavy atom. The molecular formula is C19H23N3O7S2. The van der Waals surface area contributed by atoms with Gasteiger partial charge >= 0.3 is 0 Å². The number of benzene rings is 1. The first-order valence-electron chi connectivity index (χ1n) is 9.45. The lowest BCUT2D eigenvalue weighted by atomic mass is 10.2. The zero-order chi connectivity index (χ0) is 22.6. The van der Waals surface area contributed by atoms with Gasteiger partial charge in [0.25, 0.3) is 0 Å². The molecule has 0 radical (unpaired) electrons. The highest BCUT2D eigenvalue weighted by molar-refractivity contribution is 7.91. The Morgan fingerprint density at radius 2 is 1.90 bits per heavy atom. The van der Waals surface area contributed by atoms with Crippen LogP contribution in [0.2, 0.25) is 0 Å². The third-order valence-corrected chi connectivity index (χ3v) is 8.22. The molecule has 3 rings (SSSR count). The maximum absolute atomic E-state index is 13.2. The molecule has 1 atom stereocenters. The predicted molar refractivity (Wildman–Crippen MR) is 112 cm³/mol. The number of sulfonamides is 1. The molecule has 1 aliphatic rings. The van der Waals surface area contributed by atoms with Gasteiger partial charge < -0.3 is 15.1 Å². The van der Waals surface area contributed by atoms with Crippen molar-refractivity contribution >= 4 is 37.4 Å². The van der Waals surface area contributed by atoms with Crippen molar-refractivity contribution in [3.63, 3.8) is 0 Å². The summed E-state index contributed by atoms with van der Waals surface area (Å²) in [5, 5.41) is 5.15. The molecule has 31 heavy (non-hydrogen) atoms. The van der Waals surface area contributed by atoms with Gasteiger partial charge in [-0.2, -0.15) is 4.31 Å². The molecule has 1 aromatic heterocycles. The summed E-state index contributed by atoms with van der Waals surface area (Å²) in [4.78, 5) is 23.6. The van der Waals surface area contributed by atoms with Crippen LogP contribution in [-0.4, -0.2) is 57.0 Å². The van der Waals surface area contributed by atoms with E-state index in [0.717, 1.165) is 4.31 Å². The van der Waals surface area contributed by atoms with E-state index in [1.165, 1.54) is 37.5 Å². The smallest absolute Gasteiger partial charge is 0.243 e. The van der Waals surface area contributed by atoms with E-state index in [0.29, 0.717) is 17.9 Å². The van der Waals surface area contributed by atoms with E-state index in [2.05, 4.69) is 10.6 Å². The van der Waals surface area contributed by atoms with Gasteiger partial charge in [-0.3, -0.25) is 9.59 Å². The highest BCUT2D eigenvalue weighted by atomic mass is 32.2. The molecule has 0 aliphatic carbocycles. The van der Waals surface area contributed by atoms with Gasteiger partial charge in [-0.1, -0.05) is 0 Å². The number of sulfone groups is 1. The van der Waals surface area contributed by atoms with Crippen molar-refractivity contribution in [2.24, 2.45) is 0 Å². The molecule has 1 unspecified atom stereocenters. The van der Waals surface area contributed by atoms with E-state index in [-0.39, 0.29) is 28.9 Å². The lowest BCUT2D eigenvalue weighted by Gasteiger charge is -2.22. The maximum Gasteiger partial charge on any atom is 0.243 e. The average Bonchev–Trinajstić information content (AvgIpc) is 3.30. The minimum absolute atomic E-state index is 0.00694. The molecule has 1 aliphatic heterocycles. The van der Waals surface area contributed by atoms with Crippen LogP contribution in [0.15, 0.2) is 52.0 Å².